The number of hydrogen-bond donors (Lipinski definition) is 3. The molecule has 1 unspecified atom stereocenters. The smallest absolute Gasteiger partial charge is 0.191 e. The number of aliphatic imine (C=N–C) groups is 1. The van der Waals surface area contributed by atoms with Crippen molar-refractivity contribution in [1.29, 1.82) is 0 Å². The summed E-state index contributed by atoms with van der Waals surface area (Å²) in [6.07, 6.45) is 1.89. The number of nitrogens with one attached hydrogen (secondary N) is 3. The number of halogens is 1. The maximum atomic E-state index is 5.12. The van der Waals surface area contributed by atoms with Crippen LogP contribution in [0.1, 0.15) is 23.8 Å². The quantitative estimate of drug-likeness (QED) is 0.287. The van der Waals surface area contributed by atoms with E-state index >= 15 is 0 Å². The zero-order chi connectivity index (χ0) is 18.6. The van der Waals surface area contributed by atoms with E-state index in [0.29, 0.717) is 13.2 Å². The lowest BCUT2D eigenvalue weighted by Gasteiger charge is -2.25. The molecule has 3 heterocycles. The molecule has 0 spiro atoms. The number of methoxy groups -OCH3 is 1. The van der Waals surface area contributed by atoms with Crippen LogP contribution in [0.5, 0.6) is 0 Å². The molecular weight excluding hydrogens is 469 g/mol. The number of benzene rings is 1. The van der Waals surface area contributed by atoms with Gasteiger partial charge in [-0.05, 0) is 23.9 Å². The van der Waals surface area contributed by atoms with Crippen LogP contribution in [-0.4, -0.2) is 45.9 Å². The number of rotatable bonds is 5. The minimum absolute atomic E-state index is 0. The maximum Gasteiger partial charge on any atom is 0.191 e. The largest absolute Gasteiger partial charge is 0.377 e. The highest BCUT2D eigenvalue weighted by molar-refractivity contribution is 14.0. The molecule has 0 amide bonds. The molecule has 8 nitrogen and oxygen atoms in total. The Hall–Kier alpha value is -2.14. The molecule has 3 N–H and O–H groups in total. The van der Waals surface area contributed by atoms with Crippen LogP contribution in [0, 0.1) is 0 Å². The summed E-state index contributed by atoms with van der Waals surface area (Å²) in [5.41, 5.74) is 2.28. The van der Waals surface area contributed by atoms with Crippen molar-refractivity contribution in [2.45, 2.75) is 38.6 Å². The minimum atomic E-state index is 0. The second-order valence-electron chi connectivity index (χ2n) is 6.75. The molecule has 1 aliphatic rings. The van der Waals surface area contributed by atoms with Gasteiger partial charge in [0.25, 0.3) is 0 Å². The molecule has 9 heteroatoms. The Kier molecular flexibility index (Phi) is 6.89. The van der Waals surface area contributed by atoms with Crippen molar-refractivity contribution in [3.63, 3.8) is 0 Å². The SMILES string of the molecule is CN=C(NCc1cc2ccccc2[nH]1)NC1CCc2nc(COC)nn2C1.I. The Morgan fingerprint density at radius 3 is 3.04 bits per heavy atom. The van der Waals surface area contributed by atoms with E-state index in [4.69, 9.17) is 4.74 Å². The van der Waals surface area contributed by atoms with Crippen LogP contribution >= 0.6 is 24.0 Å². The molecule has 0 aliphatic carbocycles. The van der Waals surface area contributed by atoms with E-state index in [1.165, 1.54) is 5.39 Å². The first-order valence-electron chi connectivity index (χ1n) is 9.20. The molecule has 0 saturated heterocycles. The number of hydrogen-bond acceptors (Lipinski definition) is 4. The van der Waals surface area contributed by atoms with Crippen molar-refractivity contribution in [3.05, 3.63) is 47.7 Å². The fraction of sp³-hybridized carbons (Fsp3) is 0.421. The molecule has 1 atom stereocenters. The van der Waals surface area contributed by atoms with Crippen molar-refractivity contribution in [2.75, 3.05) is 14.2 Å². The summed E-state index contributed by atoms with van der Waals surface area (Å²) in [7, 11) is 3.45. The predicted molar refractivity (Wildman–Crippen MR) is 120 cm³/mol. The predicted octanol–water partition coefficient (Wildman–Crippen LogP) is 2.20. The van der Waals surface area contributed by atoms with E-state index in [9.17, 15) is 0 Å². The van der Waals surface area contributed by atoms with Crippen LogP contribution < -0.4 is 10.6 Å². The number of ether oxygens (including phenoxy) is 1. The number of para-hydroxylation sites is 1. The molecule has 4 rings (SSSR count). The van der Waals surface area contributed by atoms with E-state index in [0.717, 1.165) is 48.2 Å². The van der Waals surface area contributed by atoms with Crippen LogP contribution in [0.3, 0.4) is 0 Å². The van der Waals surface area contributed by atoms with Crippen molar-refractivity contribution in [3.8, 4) is 0 Å². The number of aromatic nitrogens is 4. The standard InChI is InChI=1S/C19H25N7O.HI/c1-20-19(21-10-15-9-13-5-3-4-6-16(13)22-15)23-14-7-8-18-24-17(12-27-2)25-26(18)11-14;/h3-6,9,14,22H,7-8,10-12H2,1-2H3,(H2,20,21,23);1H. The van der Waals surface area contributed by atoms with Gasteiger partial charge in [-0.2, -0.15) is 5.10 Å². The van der Waals surface area contributed by atoms with E-state index in [1.807, 2.05) is 16.8 Å². The molecular formula is C19H26IN7O. The van der Waals surface area contributed by atoms with Gasteiger partial charge in [0.05, 0.1) is 13.1 Å². The van der Waals surface area contributed by atoms with Crippen LogP contribution in [0.4, 0.5) is 0 Å². The molecule has 3 aromatic rings. The monoisotopic (exact) mass is 495 g/mol. The van der Waals surface area contributed by atoms with Gasteiger partial charge in [0.15, 0.2) is 11.8 Å². The van der Waals surface area contributed by atoms with Gasteiger partial charge in [-0.3, -0.25) is 4.99 Å². The summed E-state index contributed by atoms with van der Waals surface area (Å²) in [4.78, 5) is 12.3. The van der Waals surface area contributed by atoms with E-state index < -0.39 is 0 Å². The van der Waals surface area contributed by atoms with Gasteiger partial charge in [-0.1, -0.05) is 18.2 Å². The third-order valence-corrected chi connectivity index (χ3v) is 4.77. The van der Waals surface area contributed by atoms with Crippen molar-refractivity contribution in [2.24, 2.45) is 4.99 Å². The minimum Gasteiger partial charge on any atom is -0.377 e. The average Bonchev–Trinajstić information content (AvgIpc) is 3.27. The summed E-state index contributed by atoms with van der Waals surface area (Å²) in [6.45, 7) is 1.92. The molecule has 0 bridgehead atoms. The van der Waals surface area contributed by atoms with Crippen LogP contribution in [-0.2, 0) is 30.9 Å². The lowest BCUT2D eigenvalue weighted by molar-refractivity contribution is 0.177. The molecule has 2 aromatic heterocycles. The Labute approximate surface area is 181 Å². The summed E-state index contributed by atoms with van der Waals surface area (Å²) in [5.74, 6) is 2.56. The first-order valence-corrected chi connectivity index (χ1v) is 9.20. The van der Waals surface area contributed by atoms with Gasteiger partial charge in [-0.15, -0.1) is 24.0 Å². The van der Waals surface area contributed by atoms with Gasteiger partial charge >= 0.3 is 0 Å². The second-order valence-corrected chi connectivity index (χ2v) is 6.75. The first kappa shape index (κ1) is 20.6. The van der Waals surface area contributed by atoms with Gasteiger partial charge in [0.1, 0.15) is 12.4 Å². The fourth-order valence-electron chi connectivity index (χ4n) is 3.46. The van der Waals surface area contributed by atoms with E-state index in [-0.39, 0.29) is 30.0 Å². The molecule has 150 valence electrons. The molecule has 0 saturated carbocycles. The van der Waals surface area contributed by atoms with Crippen molar-refractivity contribution in [1.82, 2.24) is 30.4 Å². The number of guanidine groups is 1. The number of aryl methyl sites for hydroxylation is 1. The van der Waals surface area contributed by atoms with Gasteiger partial charge in [0, 0.05) is 37.8 Å². The average molecular weight is 495 g/mol. The van der Waals surface area contributed by atoms with Crippen molar-refractivity contribution < 1.29 is 4.74 Å². The summed E-state index contributed by atoms with van der Waals surface area (Å²) in [5, 5.41) is 12.6. The number of H-pyrrole nitrogens is 1. The summed E-state index contributed by atoms with van der Waals surface area (Å²) < 4.78 is 7.10. The molecule has 0 radical (unpaired) electrons. The lowest BCUT2D eigenvalue weighted by Crippen LogP contribution is -2.46. The number of nitrogens with zero attached hydrogens (tertiary/aromatic N) is 4. The Balaban J connectivity index is 0.00000225. The van der Waals surface area contributed by atoms with Crippen LogP contribution in [0.2, 0.25) is 0 Å². The van der Waals surface area contributed by atoms with E-state index in [2.05, 4.69) is 48.9 Å². The number of aromatic amines is 1. The lowest BCUT2D eigenvalue weighted by atomic mass is 10.1. The van der Waals surface area contributed by atoms with Crippen LogP contribution in [0.15, 0.2) is 35.3 Å². The third-order valence-electron chi connectivity index (χ3n) is 4.77. The highest BCUT2D eigenvalue weighted by Gasteiger charge is 2.22. The molecule has 0 fully saturated rings. The zero-order valence-electron chi connectivity index (χ0n) is 16.1. The van der Waals surface area contributed by atoms with Gasteiger partial charge < -0.3 is 20.4 Å². The second kappa shape index (κ2) is 9.37. The van der Waals surface area contributed by atoms with Gasteiger partial charge in [-0.25, -0.2) is 9.67 Å². The normalized spacial score (nSPS) is 16.5. The highest BCUT2D eigenvalue weighted by Crippen LogP contribution is 2.15. The third kappa shape index (κ3) is 4.64. The molecule has 1 aromatic carbocycles. The maximum absolute atomic E-state index is 5.12. The summed E-state index contributed by atoms with van der Waals surface area (Å²) >= 11 is 0. The molecule has 28 heavy (non-hydrogen) atoms. The first-order chi connectivity index (χ1) is 13.2. The Morgan fingerprint density at radius 2 is 2.25 bits per heavy atom. The number of fused-ring (bicyclic) bond motifs is 2. The zero-order valence-corrected chi connectivity index (χ0v) is 18.4. The topological polar surface area (TPSA) is 92.2 Å². The molecule has 1 aliphatic heterocycles. The Bertz CT molecular complexity index is 916. The van der Waals surface area contributed by atoms with Crippen molar-refractivity contribution >= 4 is 40.8 Å². The fourth-order valence-corrected chi connectivity index (χ4v) is 3.46. The highest BCUT2D eigenvalue weighted by atomic mass is 127. The van der Waals surface area contributed by atoms with E-state index in [1.54, 1.807) is 14.2 Å². The summed E-state index contributed by atoms with van der Waals surface area (Å²) in [6, 6.07) is 10.7. The van der Waals surface area contributed by atoms with Crippen LogP contribution in [0.25, 0.3) is 10.9 Å². The Morgan fingerprint density at radius 1 is 1.39 bits per heavy atom. The van der Waals surface area contributed by atoms with Gasteiger partial charge in [0.2, 0.25) is 0 Å².